The summed E-state index contributed by atoms with van der Waals surface area (Å²) in [6, 6.07) is 19.2. The molecule has 0 radical (unpaired) electrons. The van der Waals surface area contributed by atoms with Crippen LogP contribution in [0, 0.1) is 0 Å². The van der Waals surface area contributed by atoms with Crippen LogP contribution in [-0.4, -0.2) is 24.9 Å². The van der Waals surface area contributed by atoms with E-state index in [0.29, 0.717) is 18.0 Å². The first-order valence-electron chi connectivity index (χ1n) is 11.3. The Morgan fingerprint density at radius 3 is 2.37 bits per heavy atom. The lowest BCUT2D eigenvalue weighted by Gasteiger charge is -2.25. The van der Waals surface area contributed by atoms with Gasteiger partial charge in [-0.05, 0) is 66.7 Å². The Morgan fingerprint density at radius 1 is 1.00 bits per heavy atom. The van der Waals surface area contributed by atoms with Gasteiger partial charge in [-0.3, -0.25) is 0 Å². The first kappa shape index (κ1) is 23.5. The van der Waals surface area contributed by atoms with Gasteiger partial charge in [0.2, 0.25) is 5.79 Å². The van der Waals surface area contributed by atoms with Crippen LogP contribution in [0.25, 0.3) is 34.3 Å². The van der Waals surface area contributed by atoms with Gasteiger partial charge in [-0.2, -0.15) is 13.2 Å². The molecule has 0 saturated carbocycles. The molecule has 0 spiro atoms. The van der Waals surface area contributed by atoms with Crippen LogP contribution in [0.15, 0.2) is 66.7 Å². The van der Waals surface area contributed by atoms with Crippen LogP contribution in [0.4, 0.5) is 13.2 Å². The second-order valence-corrected chi connectivity index (χ2v) is 14.0. The van der Waals surface area contributed by atoms with E-state index in [1.165, 1.54) is 12.1 Å². The lowest BCUT2D eigenvalue weighted by Crippen LogP contribution is -2.33. The van der Waals surface area contributed by atoms with E-state index in [1.54, 1.807) is 12.2 Å². The second kappa shape index (κ2) is 8.48. The zero-order valence-electron chi connectivity index (χ0n) is 19.6. The molecule has 3 aromatic carbocycles. The van der Waals surface area contributed by atoms with Crippen molar-refractivity contribution in [3.8, 4) is 11.1 Å². The van der Waals surface area contributed by atoms with E-state index < -0.39 is 25.8 Å². The minimum absolute atomic E-state index is 0.541. The fourth-order valence-corrected chi connectivity index (χ4v) is 5.35. The summed E-state index contributed by atoms with van der Waals surface area (Å²) >= 11 is 0. The van der Waals surface area contributed by atoms with Crippen LogP contribution < -0.4 is 0 Å². The third-order valence-corrected chi connectivity index (χ3v) is 6.64. The topological polar surface area (TPSA) is 50.4 Å². The number of epoxide rings is 1. The smallest absolute Gasteiger partial charge is 0.386 e. The van der Waals surface area contributed by atoms with Gasteiger partial charge in [0, 0.05) is 5.56 Å². The van der Waals surface area contributed by atoms with Gasteiger partial charge in [0.25, 0.3) is 0 Å². The molecule has 1 aliphatic rings. The van der Waals surface area contributed by atoms with E-state index >= 15 is 0 Å². The summed E-state index contributed by atoms with van der Waals surface area (Å²) in [6.07, 6.45) is -0.857. The molecular formula is C27H25F3N2O2Si. The van der Waals surface area contributed by atoms with Crippen LogP contribution in [0.2, 0.25) is 19.6 Å². The molecule has 2 heterocycles. The minimum atomic E-state index is -4.34. The van der Waals surface area contributed by atoms with Gasteiger partial charge < -0.3 is 14.1 Å². The Hall–Kier alpha value is -3.20. The van der Waals surface area contributed by atoms with Crippen molar-refractivity contribution in [2.75, 3.05) is 6.61 Å². The summed E-state index contributed by atoms with van der Waals surface area (Å²) in [5.74, 6) is -0.0612. The number of alkyl halides is 3. The van der Waals surface area contributed by atoms with Crippen LogP contribution >= 0.6 is 0 Å². The van der Waals surface area contributed by atoms with E-state index in [0.717, 1.165) is 39.9 Å². The highest BCUT2D eigenvalue weighted by molar-refractivity contribution is 6.69. The minimum Gasteiger partial charge on any atom is -0.386 e. The van der Waals surface area contributed by atoms with Gasteiger partial charge in [0.05, 0.1) is 16.6 Å². The highest BCUT2D eigenvalue weighted by atomic mass is 28.4. The van der Waals surface area contributed by atoms with E-state index in [1.807, 2.05) is 30.3 Å². The predicted molar refractivity (Wildman–Crippen MR) is 134 cm³/mol. The molecule has 0 aliphatic carbocycles. The molecule has 0 bridgehead atoms. The number of H-pyrrole nitrogens is 1. The maximum atomic E-state index is 12.8. The number of aromatic nitrogens is 2. The summed E-state index contributed by atoms with van der Waals surface area (Å²) < 4.78 is 50.5. The Bertz CT molecular complexity index is 1400. The molecule has 1 atom stereocenters. The summed E-state index contributed by atoms with van der Waals surface area (Å²) in [5, 5.41) is 0. The molecular weight excluding hydrogens is 469 g/mol. The Balaban J connectivity index is 1.42. The maximum Gasteiger partial charge on any atom is 0.416 e. The SMILES string of the molecule is C[Si](C)(C)OC1(c2ccccc2-c2ccc3nc(/C=C/c4ccc(C(F)(F)F)cc4)[nH]c3c2)CO1. The number of aromatic amines is 1. The van der Waals surface area contributed by atoms with Crippen LogP contribution in [0.3, 0.4) is 0 Å². The largest absolute Gasteiger partial charge is 0.416 e. The normalized spacial score (nSPS) is 18.5. The maximum absolute atomic E-state index is 12.8. The van der Waals surface area contributed by atoms with Crippen molar-refractivity contribution in [2.45, 2.75) is 31.6 Å². The van der Waals surface area contributed by atoms with Crippen LogP contribution in [0.5, 0.6) is 0 Å². The molecule has 0 amide bonds. The number of halogens is 3. The lowest BCUT2D eigenvalue weighted by molar-refractivity contribution is -0.137. The molecule has 1 aliphatic heterocycles. The van der Waals surface area contributed by atoms with Crippen LogP contribution in [0.1, 0.15) is 22.5 Å². The number of ether oxygens (including phenoxy) is 1. The molecule has 1 N–H and O–H groups in total. The van der Waals surface area contributed by atoms with Crippen molar-refractivity contribution in [2.24, 2.45) is 0 Å². The molecule has 180 valence electrons. The Morgan fingerprint density at radius 2 is 1.71 bits per heavy atom. The van der Waals surface area contributed by atoms with Gasteiger partial charge in [-0.15, -0.1) is 0 Å². The van der Waals surface area contributed by atoms with Crippen molar-refractivity contribution in [3.05, 3.63) is 89.2 Å². The zero-order chi connectivity index (χ0) is 24.8. The molecule has 35 heavy (non-hydrogen) atoms. The van der Waals surface area contributed by atoms with Crippen LogP contribution in [-0.2, 0) is 21.1 Å². The number of hydrogen-bond donors (Lipinski definition) is 1. The van der Waals surface area contributed by atoms with Crippen molar-refractivity contribution >= 4 is 31.5 Å². The third-order valence-electron chi connectivity index (χ3n) is 5.70. The second-order valence-electron chi connectivity index (χ2n) is 9.61. The molecule has 1 unspecified atom stereocenters. The van der Waals surface area contributed by atoms with Crippen molar-refractivity contribution in [3.63, 3.8) is 0 Å². The fourth-order valence-electron chi connectivity index (χ4n) is 4.13. The summed E-state index contributed by atoms with van der Waals surface area (Å²) in [4.78, 5) is 7.88. The molecule has 1 fully saturated rings. The number of benzene rings is 3. The first-order chi connectivity index (χ1) is 16.5. The number of nitrogens with one attached hydrogen (secondary N) is 1. The number of hydrogen-bond acceptors (Lipinski definition) is 3. The third kappa shape index (κ3) is 5.10. The molecule has 1 saturated heterocycles. The molecule has 4 nitrogen and oxygen atoms in total. The quantitative estimate of drug-likeness (QED) is 0.224. The molecule has 1 aromatic heterocycles. The molecule has 5 rings (SSSR count). The van der Waals surface area contributed by atoms with E-state index in [2.05, 4.69) is 41.7 Å². The van der Waals surface area contributed by atoms with Gasteiger partial charge in [0.1, 0.15) is 12.4 Å². The van der Waals surface area contributed by atoms with Crippen molar-refractivity contribution < 1.29 is 22.3 Å². The summed E-state index contributed by atoms with van der Waals surface area (Å²) in [5.41, 5.74) is 4.73. The standard InChI is InChI=1S/C27H25F3N2O2Si/c1-35(2,3)34-26(17-33-26)22-7-5-4-6-21(22)19-11-14-23-24(16-19)32-25(31-23)15-10-18-8-12-20(13-9-18)27(28,29)30/h4-16H,17H2,1-3H3,(H,31,32)/b15-10+. The number of rotatable bonds is 6. The van der Waals surface area contributed by atoms with E-state index in [9.17, 15) is 13.2 Å². The van der Waals surface area contributed by atoms with Crippen molar-refractivity contribution in [1.29, 1.82) is 0 Å². The highest BCUT2D eigenvalue weighted by Crippen LogP contribution is 2.46. The lowest BCUT2D eigenvalue weighted by atomic mass is 9.96. The average molecular weight is 495 g/mol. The van der Waals surface area contributed by atoms with Crippen molar-refractivity contribution in [1.82, 2.24) is 9.97 Å². The van der Waals surface area contributed by atoms with Gasteiger partial charge in [0.15, 0.2) is 8.32 Å². The number of imidazole rings is 1. The molecule has 4 aromatic rings. The molecule has 8 heteroatoms. The summed E-state index contributed by atoms with van der Waals surface area (Å²) in [6.45, 7) is 6.99. The van der Waals surface area contributed by atoms with Gasteiger partial charge in [-0.25, -0.2) is 4.98 Å². The average Bonchev–Trinajstić information content (AvgIpc) is 3.44. The van der Waals surface area contributed by atoms with E-state index in [-0.39, 0.29) is 0 Å². The van der Waals surface area contributed by atoms with E-state index in [4.69, 9.17) is 9.16 Å². The monoisotopic (exact) mass is 494 g/mol. The predicted octanol–water partition coefficient (Wildman–Crippen LogP) is 7.45. The zero-order valence-corrected chi connectivity index (χ0v) is 20.6. The summed E-state index contributed by atoms with van der Waals surface area (Å²) in [7, 11) is -1.83. The first-order valence-corrected chi connectivity index (χ1v) is 14.7. The Labute approximate surface area is 202 Å². The highest BCUT2D eigenvalue weighted by Gasteiger charge is 2.51. The Kier molecular flexibility index (Phi) is 5.70. The number of nitrogens with zero attached hydrogens (tertiary/aromatic N) is 1. The number of fused-ring (bicyclic) bond motifs is 1. The van der Waals surface area contributed by atoms with Gasteiger partial charge >= 0.3 is 6.18 Å². The fraction of sp³-hybridized carbons (Fsp3) is 0.222. The van der Waals surface area contributed by atoms with Gasteiger partial charge in [-0.1, -0.05) is 48.5 Å².